The van der Waals surface area contributed by atoms with Crippen LogP contribution in [-0.2, 0) is 0 Å². The van der Waals surface area contributed by atoms with Crippen LogP contribution in [0.3, 0.4) is 0 Å². The summed E-state index contributed by atoms with van der Waals surface area (Å²) < 4.78 is 0.169. The Labute approximate surface area is 84.0 Å². The normalized spacial score (nSPS) is 12.1. The van der Waals surface area contributed by atoms with Crippen molar-refractivity contribution in [2.24, 2.45) is 0 Å². The van der Waals surface area contributed by atoms with Gasteiger partial charge >= 0.3 is 0 Å². The predicted octanol–water partition coefficient (Wildman–Crippen LogP) is 1.43. The highest BCUT2D eigenvalue weighted by Gasteiger charge is 2.11. The molecule has 0 saturated heterocycles. The zero-order valence-electron chi connectivity index (χ0n) is 6.45. The van der Waals surface area contributed by atoms with E-state index in [1.165, 1.54) is 6.33 Å². The summed E-state index contributed by atoms with van der Waals surface area (Å²) in [7, 11) is 0. The number of anilines is 1. The summed E-state index contributed by atoms with van der Waals surface area (Å²) in [5.41, 5.74) is 6.58. The molecule has 0 aromatic carbocycles. The van der Waals surface area contributed by atoms with Crippen molar-refractivity contribution in [1.29, 1.82) is 5.26 Å². The summed E-state index contributed by atoms with van der Waals surface area (Å²) in [5.74, 6) is 0.256. The van der Waals surface area contributed by atoms with Crippen molar-refractivity contribution < 1.29 is 0 Å². The predicted molar refractivity (Wildman–Crippen MR) is 53.6 cm³/mol. The molecule has 1 atom stereocenters. The number of halogens is 1. The van der Waals surface area contributed by atoms with Crippen LogP contribution in [0.1, 0.15) is 22.1 Å². The Hall–Kier alpha value is -0.900. The first-order chi connectivity index (χ1) is 5.66. The summed E-state index contributed by atoms with van der Waals surface area (Å²) in [4.78, 5) is 7.72. The van der Waals surface area contributed by atoms with Crippen LogP contribution < -0.4 is 5.73 Å². The number of hydrogen-bond acceptors (Lipinski definition) is 4. The van der Waals surface area contributed by atoms with Crippen LogP contribution in [0.4, 0.5) is 5.82 Å². The molecule has 0 fully saturated rings. The largest absolute Gasteiger partial charge is 0.382 e. The Morgan fingerprint density at radius 2 is 2.33 bits per heavy atom. The monoisotopic (exact) mass is 274 g/mol. The minimum Gasteiger partial charge on any atom is -0.382 e. The van der Waals surface area contributed by atoms with Crippen LogP contribution >= 0.6 is 22.6 Å². The Bertz CT molecular complexity index is 329. The SMILES string of the molecule is C[C@H](I)c1ncnc(N)c1C#N. The second-order valence-corrected chi connectivity index (χ2v) is 4.12. The van der Waals surface area contributed by atoms with Gasteiger partial charge in [-0.3, -0.25) is 0 Å². The van der Waals surface area contributed by atoms with Gasteiger partial charge in [0.05, 0.1) is 9.62 Å². The third kappa shape index (κ3) is 1.64. The van der Waals surface area contributed by atoms with Gasteiger partial charge in [-0.25, -0.2) is 9.97 Å². The molecular formula is C7H7IN4. The summed E-state index contributed by atoms with van der Waals surface area (Å²) in [6.45, 7) is 1.95. The fraction of sp³-hybridized carbons (Fsp3) is 0.286. The van der Waals surface area contributed by atoms with Crippen molar-refractivity contribution in [2.75, 3.05) is 5.73 Å². The van der Waals surface area contributed by atoms with Gasteiger partial charge in [0, 0.05) is 0 Å². The molecule has 0 radical (unpaired) electrons. The van der Waals surface area contributed by atoms with Crippen LogP contribution in [0.25, 0.3) is 0 Å². The average molecular weight is 274 g/mol. The Morgan fingerprint density at radius 1 is 1.67 bits per heavy atom. The number of nitrogens with zero attached hydrogens (tertiary/aromatic N) is 3. The zero-order valence-corrected chi connectivity index (χ0v) is 8.61. The highest BCUT2D eigenvalue weighted by atomic mass is 127. The smallest absolute Gasteiger partial charge is 0.145 e. The fourth-order valence-corrected chi connectivity index (χ4v) is 1.30. The van der Waals surface area contributed by atoms with Crippen LogP contribution in [0.15, 0.2) is 6.33 Å². The lowest BCUT2D eigenvalue weighted by Crippen LogP contribution is -2.02. The zero-order chi connectivity index (χ0) is 9.14. The second kappa shape index (κ2) is 3.67. The molecule has 1 heterocycles. The lowest BCUT2D eigenvalue weighted by molar-refractivity contribution is 0.996. The molecule has 4 nitrogen and oxygen atoms in total. The molecule has 1 rings (SSSR count). The molecule has 0 spiro atoms. The number of nitriles is 1. The molecule has 2 N–H and O–H groups in total. The number of nitrogens with two attached hydrogens (primary N) is 1. The van der Waals surface area contributed by atoms with Crippen molar-refractivity contribution in [1.82, 2.24) is 9.97 Å². The molecule has 5 heteroatoms. The van der Waals surface area contributed by atoms with Gasteiger partial charge in [0.2, 0.25) is 0 Å². The van der Waals surface area contributed by atoms with E-state index in [9.17, 15) is 0 Å². The summed E-state index contributed by atoms with van der Waals surface area (Å²) >= 11 is 2.18. The van der Waals surface area contributed by atoms with E-state index in [0.717, 1.165) is 0 Å². The average Bonchev–Trinajstić information content (AvgIpc) is 2.03. The molecule has 0 unspecified atom stereocenters. The molecule has 0 aliphatic carbocycles. The number of alkyl halides is 1. The van der Waals surface area contributed by atoms with Gasteiger partial charge in [-0.15, -0.1) is 0 Å². The van der Waals surface area contributed by atoms with Gasteiger partial charge in [-0.1, -0.05) is 22.6 Å². The highest BCUT2D eigenvalue weighted by Crippen LogP contribution is 2.24. The maximum absolute atomic E-state index is 8.73. The maximum Gasteiger partial charge on any atom is 0.145 e. The van der Waals surface area contributed by atoms with E-state index in [0.29, 0.717) is 11.3 Å². The number of rotatable bonds is 1. The molecular weight excluding hydrogens is 267 g/mol. The van der Waals surface area contributed by atoms with E-state index >= 15 is 0 Å². The lowest BCUT2D eigenvalue weighted by Gasteiger charge is -2.04. The first-order valence-electron chi connectivity index (χ1n) is 3.31. The number of hydrogen-bond donors (Lipinski definition) is 1. The van der Waals surface area contributed by atoms with Crippen molar-refractivity contribution in [3.05, 3.63) is 17.6 Å². The molecule has 0 saturated carbocycles. The van der Waals surface area contributed by atoms with E-state index in [2.05, 4.69) is 32.6 Å². The molecule has 12 heavy (non-hydrogen) atoms. The number of nitrogen functional groups attached to an aromatic ring is 1. The topological polar surface area (TPSA) is 75.6 Å². The summed E-state index contributed by atoms with van der Waals surface area (Å²) in [6.07, 6.45) is 1.38. The Balaban J connectivity index is 3.30. The van der Waals surface area contributed by atoms with Crippen LogP contribution in [0.2, 0.25) is 0 Å². The van der Waals surface area contributed by atoms with Gasteiger partial charge in [0.1, 0.15) is 23.8 Å². The molecule has 62 valence electrons. The minimum absolute atomic E-state index is 0.169. The van der Waals surface area contributed by atoms with Crippen molar-refractivity contribution >= 4 is 28.4 Å². The summed E-state index contributed by atoms with van der Waals surface area (Å²) in [6, 6.07) is 1.99. The lowest BCUT2D eigenvalue weighted by atomic mass is 10.2. The Morgan fingerprint density at radius 3 is 2.75 bits per heavy atom. The van der Waals surface area contributed by atoms with E-state index in [1.807, 2.05) is 13.0 Å². The molecule has 0 amide bonds. The van der Waals surface area contributed by atoms with E-state index in [1.54, 1.807) is 0 Å². The van der Waals surface area contributed by atoms with Crippen LogP contribution in [0, 0.1) is 11.3 Å². The highest BCUT2D eigenvalue weighted by molar-refractivity contribution is 14.1. The fourth-order valence-electron chi connectivity index (χ4n) is 0.830. The Kier molecular flexibility index (Phi) is 2.81. The van der Waals surface area contributed by atoms with Crippen molar-refractivity contribution in [2.45, 2.75) is 10.8 Å². The molecule has 0 aliphatic heterocycles. The van der Waals surface area contributed by atoms with Gasteiger partial charge in [-0.2, -0.15) is 5.26 Å². The van der Waals surface area contributed by atoms with Gasteiger partial charge in [0.15, 0.2) is 0 Å². The van der Waals surface area contributed by atoms with Crippen molar-refractivity contribution in [3.63, 3.8) is 0 Å². The van der Waals surface area contributed by atoms with E-state index in [-0.39, 0.29) is 9.74 Å². The van der Waals surface area contributed by atoms with Gasteiger partial charge in [0.25, 0.3) is 0 Å². The van der Waals surface area contributed by atoms with Gasteiger partial charge < -0.3 is 5.73 Å². The minimum atomic E-state index is 0.169. The first-order valence-corrected chi connectivity index (χ1v) is 4.56. The van der Waals surface area contributed by atoms with E-state index in [4.69, 9.17) is 11.0 Å². The third-order valence-electron chi connectivity index (χ3n) is 1.39. The first kappa shape index (κ1) is 9.19. The quantitative estimate of drug-likeness (QED) is 0.620. The van der Waals surface area contributed by atoms with E-state index < -0.39 is 0 Å². The van der Waals surface area contributed by atoms with Crippen molar-refractivity contribution in [3.8, 4) is 6.07 Å². The molecule has 1 aromatic rings. The number of aromatic nitrogens is 2. The second-order valence-electron chi connectivity index (χ2n) is 2.25. The molecule has 0 aliphatic rings. The standard InChI is InChI=1S/C7H7IN4/c1-4(8)6-5(2-9)7(10)12-3-11-6/h3-4H,1H3,(H2,10,11,12)/t4-/m0/s1. The molecule has 1 aromatic heterocycles. The summed E-state index contributed by atoms with van der Waals surface area (Å²) in [5, 5.41) is 8.73. The molecule has 0 bridgehead atoms. The van der Waals surface area contributed by atoms with Gasteiger partial charge in [-0.05, 0) is 6.92 Å². The maximum atomic E-state index is 8.73. The van der Waals surface area contributed by atoms with Crippen LogP contribution in [-0.4, -0.2) is 9.97 Å². The third-order valence-corrected chi connectivity index (χ3v) is 1.98. The van der Waals surface area contributed by atoms with Crippen LogP contribution in [0.5, 0.6) is 0 Å².